The molecule has 5 nitrogen and oxygen atoms in total. The molecule has 1 aromatic heterocycles. The molecule has 0 aliphatic carbocycles. The fourth-order valence-electron chi connectivity index (χ4n) is 2.64. The first-order chi connectivity index (χ1) is 11.7. The number of anilines is 1. The number of para-hydroxylation sites is 1. The SMILES string of the molecule is Cc1c(NCc2cc3ccccc3o2)cccc1C(=O)NCCO. The van der Waals surface area contributed by atoms with Gasteiger partial charge in [0.05, 0.1) is 13.2 Å². The van der Waals surface area contributed by atoms with E-state index in [4.69, 9.17) is 9.52 Å². The summed E-state index contributed by atoms with van der Waals surface area (Å²) >= 11 is 0. The average Bonchev–Trinajstić information content (AvgIpc) is 3.01. The van der Waals surface area contributed by atoms with Crippen LogP contribution in [0, 0.1) is 6.92 Å². The van der Waals surface area contributed by atoms with E-state index in [2.05, 4.69) is 10.6 Å². The first-order valence-electron chi connectivity index (χ1n) is 7.89. The van der Waals surface area contributed by atoms with Crippen LogP contribution in [-0.2, 0) is 6.54 Å². The predicted octanol–water partition coefficient (Wildman–Crippen LogP) is 3.08. The van der Waals surface area contributed by atoms with E-state index < -0.39 is 0 Å². The van der Waals surface area contributed by atoms with E-state index in [9.17, 15) is 4.79 Å². The van der Waals surface area contributed by atoms with Crippen LogP contribution in [0.1, 0.15) is 21.7 Å². The molecule has 0 aliphatic rings. The number of furan rings is 1. The molecule has 3 rings (SSSR count). The summed E-state index contributed by atoms with van der Waals surface area (Å²) < 4.78 is 5.79. The lowest BCUT2D eigenvalue weighted by atomic mass is 10.1. The van der Waals surface area contributed by atoms with E-state index in [-0.39, 0.29) is 19.1 Å². The van der Waals surface area contributed by atoms with Gasteiger partial charge < -0.3 is 20.2 Å². The Bertz CT molecular complexity index is 822. The minimum atomic E-state index is -0.186. The molecule has 0 saturated heterocycles. The second kappa shape index (κ2) is 7.19. The van der Waals surface area contributed by atoms with Crippen molar-refractivity contribution in [3.63, 3.8) is 0 Å². The zero-order valence-electron chi connectivity index (χ0n) is 13.5. The van der Waals surface area contributed by atoms with Crippen molar-refractivity contribution in [3.8, 4) is 0 Å². The molecule has 0 aliphatic heterocycles. The molecule has 0 radical (unpaired) electrons. The molecule has 0 unspecified atom stereocenters. The fourth-order valence-corrected chi connectivity index (χ4v) is 2.64. The number of carbonyl (C=O) groups excluding carboxylic acids is 1. The van der Waals surface area contributed by atoms with Crippen LogP contribution in [0.25, 0.3) is 11.0 Å². The third-order valence-electron chi connectivity index (χ3n) is 3.91. The number of hydrogen-bond acceptors (Lipinski definition) is 4. The Hall–Kier alpha value is -2.79. The number of benzene rings is 2. The largest absolute Gasteiger partial charge is 0.459 e. The van der Waals surface area contributed by atoms with Crippen molar-refractivity contribution >= 4 is 22.6 Å². The minimum Gasteiger partial charge on any atom is -0.459 e. The second-order valence-corrected chi connectivity index (χ2v) is 5.56. The van der Waals surface area contributed by atoms with Crippen LogP contribution >= 0.6 is 0 Å². The topological polar surface area (TPSA) is 74.5 Å². The second-order valence-electron chi connectivity index (χ2n) is 5.56. The molecule has 124 valence electrons. The van der Waals surface area contributed by atoms with E-state index in [0.717, 1.165) is 28.0 Å². The number of aliphatic hydroxyl groups excluding tert-OH is 1. The lowest BCUT2D eigenvalue weighted by Gasteiger charge is -2.12. The van der Waals surface area contributed by atoms with Crippen LogP contribution in [-0.4, -0.2) is 24.2 Å². The van der Waals surface area contributed by atoms with Crippen LogP contribution in [0.15, 0.2) is 52.9 Å². The summed E-state index contributed by atoms with van der Waals surface area (Å²) in [5.41, 5.74) is 3.21. The molecule has 1 amide bonds. The smallest absolute Gasteiger partial charge is 0.251 e. The maximum atomic E-state index is 12.1. The Morgan fingerprint density at radius 1 is 1.17 bits per heavy atom. The van der Waals surface area contributed by atoms with Crippen molar-refractivity contribution in [2.75, 3.05) is 18.5 Å². The van der Waals surface area contributed by atoms with Gasteiger partial charge in [-0.15, -0.1) is 0 Å². The van der Waals surface area contributed by atoms with Gasteiger partial charge >= 0.3 is 0 Å². The third kappa shape index (κ3) is 3.41. The van der Waals surface area contributed by atoms with Gasteiger partial charge in [-0.25, -0.2) is 0 Å². The molecule has 5 heteroatoms. The molecular formula is C19H20N2O3. The van der Waals surface area contributed by atoms with E-state index in [1.54, 1.807) is 6.07 Å². The van der Waals surface area contributed by atoms with Gasteiger partial charge in [0, 0.05) is 23.2 Å². The van der Waals surface area contributed by atoms with Crippen molar-refractivity contribution in [1.29, 1.82) is 0 Å². The first kappa shape index (κ1) is 16.1. The molecule has 2 aromatic carbocycles. The summed E-state index contributed by atoms with van der Waals surface area (Å²) in [6, 6.07) is 15.4. The number of nitrogens with one attached hydrogen (secondary N) is 2. The number of carbonyl (C=O) groups is 1. The van der Waals surface area contributed by atoms with E-state index in [1.807, 2.05) is 49.4 Å². The van der Waals surface area contributed by atoms with Gasteiger partial charge in [0.15, 0.2) is 0 Å². The zero-order chi connectivity index (χ0) is 16.9. The highest BCUT2D eigenvalue weighted by atomic mass is 16.3. The Kier molecular flexibility index (Phi) is 4.82. The van der Waals surface area contributed by atoms with Crippen LogP contribution in [0.5, 0.6) is 0 Å². The Balaban J connectivity index is 1.74. The molecule has 24 heavy (non-hydrogen) atoms. The zero-order valence-corrected chi connectivity index (χ0v) is 13.5. The molecule has 0 fully saturated rings. The monoisotopic (exact) mass is 324 g/mol. The molecule has 0 atom stereocenters. The number of fused-ring (bicyclic) bond motifs is 1. The van der Waals surface area contributed by atoms with Crippen molar-refractivity contribution in [1.82, 2.24) is 5.32 Å². The molecule has 1 heterocycles. The Morgan fingerprint density at radius 2 is 2.00 bits per heavy atom. The normalized spacial score (nSPS) is 10.8. The summed E-state index contributed by atoms with van der Waals surface area (Å²) in [5, 5.41) is 15.9. The standard InChI is InChI=1S/C19H20N2O3/c1-13-16(19(23)20-9-10-22)6-4-7-17(13)21-12-15-11-14-5-2-3-8-18(14)24-15/h2-8,11,21-22H,9-10,12H2,1H3,(H,20,23). The highest BCUT2D eigenvalue weighted by molar-refractivity contribution is 5.97. The van der Waals surface area contributed by atoms with Gasteiger partial charge in [-0.3, -0.25) is 4.79 Å². The number of hydrogen-bond donors (Lipinski definition) is 3. The van der Waals surface area contributed by atoms with Gasteiger partial charge in [0.2, 0.25) is 0 Å². The Morgan fingerprint density at radius 3 is 2.79 bits per heavy atom. The van der Waals surface area contributed by atoms with Crippen LogP contribution in [0.2, 0.25) is 0 Å². The van der Waals surface area contributed by atoms with Crippen molar-refractivity contribution < 1.29 is 14.3 Å². The van der Waals surface area contributed by atoms with Gasteiger partial charge in [0.1, 0.15) is 11.3 Å². The molecule has 0 bridgehead atoms. The predicted molar refractivity (Wildman–Crippen MR) is 94.1 cm³/mol. The Labute approximate surface area is 140 Å². The molecule has 3 aromatic rings. The molecule has 0 spiro atoms. The highest BCUT2D eigenvalue weighted by Crippen LogP contribution is 2.22. The summed E-state index contributed by atoms with van der Waals surface area (Å²) in [4.78, 5) is 12.1. The van der Waals surface area contributed by atoms with Gasteiger partial charge in [-0.2, -0.15) is 0 Å². The summed E-state index contributed by atoms with van der Waals surface area (Å²) in [7, 11) is 0. The third-order valence-corrected chi connectivity index (χ3v) is 3.91. The minimum absolute atomic E-state index is 0.0746. The van der Waals surface area contributed by atoms with E-state index in [1.165, 1.54) is 0 Å². The quantitative estimate of drug-likeness (QED) is 0.651. The van der Waals surface area contributed by atoms with Crippen LogP contribution in [0.4, 0.5) is 5.69 Å². The summed E-state index contributed by atoms with van der Waals surface area (Å²) in [6.45, 7) is 2.61. The lowest BCUT2D eigenvalue weighted by molar-refractivity contribution is 0.0944. The van der Waals surface area contributed by atoms with Crippen LogP contribution < -0.4 is 10.6 Å². The molecular weight excluding hydrogens is 304 g/mol. The molecule has 0 saturated carbocycles. The maximum absolute atomic E-state index is 12.1. The van der Waals surface area contributed by atoms with Gasteiger partial charge in [-0.1, -0.05) is 24.3 Å². The van der Waals surface area contributed by atoms with Crippen molar-refractivity contribution in [2.45, 2.75) is 13.5 Å². The maximum Gasteiger partial charge on any atom is 0.251 e. The van der Waals surface area contributed by atoms with Crippen molar-refractivity contribution in [3.05, 3.63) is 65.4 Å². The van der Waals surface area contributed by atoms with Gasteiger partial charge in [-0.05, 0) is 36.8 Å². The van der Waals surface area contributed by atoms with E-state index in [0.29, 0.717) is 12.1 Å². The number of aliphatic hydroxyl groups is 1. The van der Waals surface area contributed by atoms with Gasteiger partial charge in [0.25, 0.3) is 5.91 Å². The lowest BCUT2D eigenvalue weighted by Crippen LogP contribution is -2.27. The first-order valence-corrected chi connectivity index (χ1v) is 7.89. The summed E-state index contributed by atoms with van der Waals surface area (Å²) in [5.74, 6) is 0.652. The van der Waals surface area contributed by atoms with E-state index >= 15 is 0 Å². The van der Waals surface area contributed by atoms with Crippen LogP contribution in [0.3, 0.4) is 0 Å². The average molecular weight is 324 g/mol. The molecule has 3 N–H and O–H groups in total. The fraction of sp³-hybridized carbons (Fsp3) is 0.211. The number of rotatable bonds is 6. The van der Waals surface area contributed by atoms with Crippen molar-refractivity contribution in [2.24, 2.45) is 0 Å². The summed E-state index contributed by atoms with van der Waals surface area (Å²) in [6.07, 6.45) is 0. The highest BCUT2D eigenvalue weighted by Gasteiger charge is 2.11. The number of amides is 1.